The number of alkyl halides is 3. The SMILES string of the molecule is COc1cccc([C@@H](CC2CCN(C(=O)OC(C)(C)C)CC2)C(F)(F)F)c1. The van der Waals surface area contributed by atoms with Gasteiger partial charge >= 0.3 is 12.3 Å². The molecular formula is C20H28F3NO3. The van der Waals surface area contributed by atoms with Gasteiger partial charge in [-0.05, 0) is 63.6 Å². The van der Waals surface area contributed by atoms with Crippen LogP contribution in [0.25, 0.3) is 0 Å². The molecule has 2 rings (SSSR count). The van der Waals surface area contributed by atoms with Crippen LogP contribution < -0.4 is 4.74 Å². The van der Waals surface area contributed by atoms with Gasteiger partial charge in [0.15, 0.2) is 0 Å². The molecule has 0 saturated carbocycles. The maximum absolute atomic E-state index is 13.7. The van der Waals surface area contributed by atoms with Crippen LogP contribution in [0.1, 0.15) is 51.5 Å². The van der Waals surface area contributed by atoms with Gasteiger partial charge in [0.1, 0.15) is 11.4 Å². The second-order valence-electron chi connectivity index (χ2n) is 8.02. The van der Waals surface area contributed by atoms with Crippen LogP contribution >= 0.6 is 0 Å². The van der Waals surface area contributed by atoms with Gasteiger partial charge in [0.2, 0.25) is 0 Å². The smallest absolute Gasteiger partial charge is 0.410 e. The van der Waals surface area contributed by atoms with E-state index < -0.39 is 23.8 Å². The number of piperidine rings is 1. The number of benzene rings is 1. The zero-order chi connectivity index (χ0) is 20.2. The van der Waals surface area contributed by atoms with Gasteiger partial charge in [0, 0.05) is 13.1 Å². The van der Waals surface area contributed by atoms with Gasteiger partial charge in [0.05, 0.1) is 13.0 Å². The van der Waals surface area contributed by atoms with Crippen LogP contribution in [0.5, 0.6) is 5.75 Å². The quantitative estimate of drug-likeness (QED) is 0.696. The van der Waals surface area contributed by atoms with Gasteiger partial charge in [-0.2, -0.15) is 13.2 Å². The molecule has 1 aromatic carbocycles. The Kier molecular flexibility index (Phi) is 6.65. The van der Waals surface area contributed by atoms with E-state index in [0.29, 0.717) is 31.7 Å². The summed E-state index contributed by atoms with van der Waals surface area (Å²) in [6.45, 7) is 6.21. The van der Waals surface area contributed by atoms with Gasteiger partial charge in [-0.1, -0.05) is 12.1 Å². The number of rotatable bonds is 4. The Balaban J connectivity index is 2.01. The first-order valence-electron chi connectivity index (χ1n) is 9.18. The van der Waals surface area contributed by atoms with Crippen LogP contribution in [-0.4, -0.2) is 43.0 Å². The van der Waals surface area contributed by atoms with Crippen LogP contribution in [0.15, 0.2) is 24.3 Å². The summed E-state index contributed by atoms with van der Waals surface area (Å²) < 4.78 is 51.4. The van der Waals surface area contributed by atoms with Gasteiger partial charge in [0.25, 0.3) is 0 Å². The lowest BCUT2D eigenvalue weighted by Gasteiger charge is -2.35. The van der Waals surface area contributed by atoms with E-state index in [-0.39, 0.29) is 17.9 Å². The summed E-state index contributed by atoms with van der Waals surface area (Å²) in [5.74, 6) is -1.21. The fourth-order valence-electron chi connectivity index (χ4n) is 3.33. The molecule has 1 fully saturated rings. The summed E-state index contributed by atoms with van der Waals surface area (Å²) >= 11 is 0. The molecule has 0 aliphatic carbocycles. The van der Waals surface area contributed by atoms with Crippen molar-refractivity contribution in [1.29, 1.82) is 0 Å². The predicted octanol–water partition coefficient (Wildman–Crippen LogP) is 5.38. The van der Waals surface area contributed by atoms with E-state index in [1.807, 2.05) is 0 Å². The van der Waals surface area contributed by atoms with Crippen molar-refractivity contribution < 1.29 is 27.4 Å². The molecule has 0 spiro atoms. The molecule has 0 bridgehead atoms. The van der Waals surface area contributed by atoms with Gasteiger partial charge in [-0.3, -0.25) is 0 Å². The van der Waals surface area contributed by atoms with Gasteiger partial charge in [-0.15, -0.1) is 0 Å². The first kappa shape index (κ1) is 21.4. The second kappa shape index (κ2) is 8.40. The van der Waals surface area contributed by atoms with E-state index in [1.54, 1.807) is 37.8 Å². The Morgan fingerprint density at radius 3 is 2.37 bits per heavy atom. The van der Waals surface area contributed by atoms with E-state index >= 15 is 0 Å². The Morgan fingerprint density at radius 1 is 1.22 bits per heavy atom. The van der Waals surface area contributed by atoms with Crippen molar-refractivity contribution in [1.82, 2.24) is 4.90 Å². The van der Waals surface area contributed by atoms with E-state index in [9.17, 15) is 18.0 Å². The third kappa shape index (κ3) is 6.33. The topological polar surface area (TPSA) is 38.8 Å². The molecule has 1 aliphatic rings. The summed E-state index contributed by atoms with van der Waals surface area (Å²) in [4.78, 5) is 13.7. The minimum absolute atomic E-state index is 0.0127. The third-order valence-electron chi connectivity index (χ3n) is 4.73. The molecule has 27 heavy (non-hydrogen) atoms. The number of carbonyl (C=O) groups excluding carboxylic acids is 1. The van der Waals surface area contributed by atoms with Crippen molar-refractivity contribution in [3.05, 3.63) is 29.8 Å². The number of amides is 1. The lowest BCUT2D eigenvalue weighted by Crippen LogP contribution is -2.42. The van der Waals surface area contributed by atoms with Crippen molar-refractivity contribution in [3.8, 4) is 5.75 Å². The Hall–Kier alpha value is -1.92. The lowest BCUT2D eigenvalue weighted by molar-refractivity contribution is -0.155. The molecule has 0 radical (unpaired) electrons. The summed E-state index contributed by atoms with van der Waals surface area (Å²) in [5, 5.41) is 0. The van der Waals surface area contributed by atoms with E-state index in [2.05, 4.69) is 0 Å². The van der Waals surface area contributed by atoms with Crippen molar-refractivity contribution in [2.24, 2.45) is 5.92 Å². The van der Waals surface area contributed by atoms with E-state index in [4.69, 9.17) is 9.47 Å². The largest absolute Gasteiger partial charge is 0.497 e. The normalized spacial score (nSPS) is 17.5. The molecule has 1 amide bonds. The molecule has 0 unspecified atom stereocenters. The summed E-state index contributed by atoms with van der Waals surface area (Å²) in [6.07, 6.45) is -3.64. The summed E-state index contributed by atoms with van der Waals surface area (Å²) in [5.41, 5.74) is -0.363. The molecule has 1 saturated heterocycles. The standard InChI is InChI=1S/C20H28F3NO3/c1-19(2,3)27-18(25)24-10-8-14(9-11-24)12-17(20(21,22)23)15-6-5-7-16(13-15)26-4/h5-7,13-14,17H,8-12H2,1-4H3/t17-/m1/s1. The maximum Gasteiger partial charge on any atom is 0.410 e. The third-order valence-corrected chi connectivity index (χ3v) is 4.73. The van der Waals surface area contributed by atoms with Gasteiger partial charge < -0.3 is 14.4 Å². The zero-order valence-electron chi connectivity index (χ0n) is 16.3. The molecule has 1 heterocycles. The molecule has 1 aromatic rings. The highest BCUT2D eigenvalue weighted by Gasteiger charge is 2.42. The molecule has 1 aliphatic heterocycles. The lowest BCUT2D eigenvalue weighted by atomic mass is 9.83. The number of hydrogen-bond donors (Lipinski definition) is 0. The highest BCUT2D eigenvalue weighted by atomic mass is 19.4. The molecule has 4 nitrogen and oxygen atoms in total. The Labute approximate surface area is 158 Å². The van der Waals surface area contributed by atoms with Crippen LogP contribution in [0.3, 0.4) is 0 Å². The fourth-order valence-corrected chi connectivity index (χ4v) is 3.33. The van der Waals surface area contributed by atoms with Gasteiger partial charge in [-0.25, -0.2) is 4.79 Å². The van der Waals surface area contributed by atoms with Crippen molar-refractivity contribution in [2.45, 2.75) is 57.7 Å². The Bertz CT molecular complexity index is 632. The first-order valence-corrected chi connectivity index (χ1v) is 9.18. The second-order valence-corrected chi connectivity index (χ2v) is 8.02. The summed E-state index contributed by atoms with van der Waals surface area (Å²) in [7, 11) is 1.44. The highest BCUT2D eigenvalue weighted by molar-refractivity contribution is 5.68. The van der Waals surface area contributed by atoms with E-state index in [0.717, 1.165) is 0 Å². The van der Waals surface area contributed by atoms with E-state index in [1.165, 1.54) is 19.2 Å². The number of halogens is 3. The number of likely N-dealkylation sites (tertiary alicyclic amines) is 1. The molecule has 7 heteroatoms. The molecule has 0 aromatic heterocycles. The van der Waals surface area contributed by atoms with Crippen LogP contribution in [0.4, 0.5) is 18.0 Å². The molecule has 1 atom stereocenters. The fraction of sp³-hybridized carbons (Fsp3) is 0.650. The minimum atomic E-state index is -4.32. The predicted molar refractivity (Wildman–Crippen MR) is 96.9 cm³/mol. The number of ether oxygens (including phenoxy) is 2. The molecule has 152 valence electrons. The maximum atomic E-state index is 13.7. The average Bonchev–Trinajstić information content (AvgIpc) is 2.57. The van der Waals surface area contributed by atoms with Crippen LogP contribution in [-0.2, 0) is 4.74 Å². The molecule has 0 N–H and O–H groups in total. The Morgan fingerprint density at radius 2 is 1.85 bits per heavy atom. The number of hydrogen-bond acceptors (Lipinski definition) is 3. The number of nitrogens with zero attached hydrogens (tertiary/aromatic N) is 1. The molecular weight excluding hydrogens is 359 g/mol. The monoisotopic (exact) mass is 387 g/mol. The number of carbonyl (C=O) groups is 1. The first-order chi connectivity index (χ1) is 12.5. The van der Waals surface area contributed by atoms with Crippen molar-refractivity contribution >= 4 is 6.09 Å². The average molecular weight is 387 g/mol. The minimum Gasteiger partial charge on any atom is -0.497 e. The van der Waals surface area contributed by atoms with Crippen LogP contribution in [0, 0.1) is 5.92 Å². The summed E-state index contributed by atoms with van der Waals surface area (Å²) in [6, 6.07) is 6.17. The zero-order valence-corrected chi connectivity index (χ0v) is 16.3. The number of methoxy groups -OCH3 is 1. The highest BCUT2D eigenvalue weighted by Crippen LogP contribution is 2.42. The van der Waals surface area contributed by atoms with Crippen LogP contribution in [0.2, 0.25) is 0 Å². The van der Waals surface area contributed by atoms with Crippen molar-refractivity contribution in [2.75, 3.05) is 20.2 Å². The van der Waals surface area contributed by atoms with Crippen molar-refractivity contribution in [3.63, 3.8) is 0 Å².